The van der Waals surface area contributed by atoms with E-state index >= 15 is 0 Å². The highest BCUT2D eigenvalue weighted by atomic mass is 16.5. The Bertz CT molecular complexity index is 316. The van der Waals surface area contributed by atoms with Gasteiger partial charge in [0.1, 0.15) is 0 Å². The lowest BCUT2D eigenvalue weighted by molar-refractivity contribution is -0.137. The van der Waals surface area contributed by atoms with Gasteiger partial charge in [-0.25, -0.2) is 0 Å². The van der Waals surface area contributed by atoms with Crippen molar-refractivity contribution in [3.8, 4) is 0 Å². The molecule has 0 spiro atoms. The molecular weight excluding hydrogens is 252 g/mol. The van der Waals surface area contributed by atoms with Gasteiger partial charge < -0.3 is 9.84 Å². The van der Waals surface area contributed by atoms with E-state index in [2.05, 4.69) is 18.2 Å². The number of ether oxygens (including phenoxy) is 1. The molecule has 0 aromatic heterocycles. The molecule has 0 aromatic rings. The molecule has 0 amide bonds. The predicted molar refractivity (Wildman–Crippen MR) is 83.8 cm³/mol. The Hall–Kier alpha value is -1.35. The summed E-state index contributed by atoms with van der Waals surface area (Å²) in [5.41, 5.74) is 0. The number of methoxy groups -OCH3 is 1. The molecule has 0 fully saturated rings. The molecule has 3 heteroatoms. The first-order valence-electron chi connectivity index (χ1n) is 7.39. The third-order valence-corrected chi connectivity index (χ3v) is 3.01. The summed E-state index contributed by atoms with van der Waals surface area (Å²) in [5, 5.41) is 8.53. The highest BCUT2D eigenvalue weighted by molar-refractivity contribution is 5.66. The minimum absolute atomic E-state index is 0.154. The molecule has 0 bridgehead atoms. The van der Waals surface area contributed by atoms with Crippen LogP contribution in [-0.2, 0) is 9.53 Å². The van der Waals surface area contributed by atoms with E-state index < -0.39 is 5.97 Å². The van der Waals surface area contributed by atoms with Crippen molar-refractivity contribution < 1.29 is 14.6 Å². The number of carbonyl (C=O) groups is 1. The first kappa shape index (κ1) is 18.7. The van der Waals surface area contributed by atoms with Crippen molar-refractivity contribution in [1.29, 1.82) is 0 Å². The number of allylic oxidation sites excluding steroid dienone is 5. The molecule has 0 heterocycles. The fourth-order valence-electron chi connectivity index (χ4n) is 1.83. The van der Waals surface area contributed by atoms with Crippen LogP contribution in [0, 0.1) is 0 Å². The van der Waals surface area contributed by atoms with Gasteiger partial charge in [0.2, 0.25) is 0 Å². The summed E-state index contributed by atoms with van der Waals surface area (Å²) in [5.74, 6) is -0.701. The third kappa shape index (κ3) is 13.1. The lowest BCUT2D eigenvalue weighted by Crippen LogP contribution is -2.06. The Labute approximate surface area is 123 Å². The second-order valence-corrected chi connectivity index (χ2v) is 4.74. The smallest absolute Gasteiger partial charge is 0.303 e. The van der Waals surface area contributed by atoms with Crippen LogP contribution in [0.15, 0.2) is 36.5 Å². The SMILES string of the molecule is CC=CCC=CC=CC(CCCCCCC(=O)O)OC. The quantitative estimate of drug-likeness (QED) is 0.325. The number of hydrogen-bond donors (Lipinski definition) is 1. The Balaban J connectivity index is 3.67. The minimum atomic E-state index is -0.701. The van der Waals surface area contributed by atoms with Gasteiger partial charge in [-0.05, 0) is 26.2 Å². The van der Waals surface area contributed by atoms with Crippen LogP contribution in [-0.4, -0.2) is 24.3 Å². The highest BCUT2D eigenvalue weighted by Crippen LogP contribution is 2.10. The average molecular weight is 280 g/mol. The first-order valence-corrected chi connectivity index (χ1v) is 7.39. The van der Waals surface area contributed by atoms with Crippen LogP contribution in [0.1, 0.15) is 51.9 Å². The van der Waals surface area contributed by atoms with Crippen molar-refractivity contribution in [2.45, 2.75) is 58.0 Å². The maximum atomic E-state index is 10.4. The standard InChI is InChI=1S/C17H28O3/c1-3-4-5-6-7-10-13-16(20-2)14-11-8-9-12-15-17(18)19/h3-4,6-7,10,13,16H,5,8-9,11-12,14-15H2,1-2H3,(H,18,19). The van der Waals surface area contributed by atoms with E-state index in [1.807, 2.05) is 25.2 Å². The minimum Gasteiger partial charge on any atom is -0.481 e. The zero-order valence-corrected chi connectivity index (χ0v) is 12.8. The molecule has 0 radical (unpaired) electrons. The van der Waals surface area contributed by atoms with Crippen molar-refractivity contribution in [1.82, 2.24) is 0 Å². The van der Waals surface area contributed by atoms with Crippen molar-refractivity contribution in [3.05, 3.63) is 36.5 Å². The second-order valence-electron chi connectivity index (χ2n) is 4.74. The van der Waals surface area contributed by atoms with Crippen LogP contribution in [0.4, 0.5) is 0 Å². The summed E-state index contributed by atoms with van der Waals surface area (Å²) < 4.78 is 5.39. The van der Waals surface area contributed by atoms with Crippen molar-refractivity contribution in [2.75, 3.05) is 7.11 Å². The zero-order valence-electron chi connectivity index (χ0n) is 12.8. The number of rotatable bonds is 12. The maximum absolute atomic E-state index is 10.4. The topological polar surface area (TPSA) is 46.5 Å². The van der Waals surface area contributed by atoms with E-state index in [4.69, 9.17) is 9.84 Å². The van der Waals surface area contributed by atoms with Gasteiger partial charge in [0, 0.05) is 13.5 Å². The van der Waals surface area contributed by atoms with Gasteiger partial charge in [-0.1, -0.05) is 55.7 Å². The molecule has 0 saturated carbocycles. The lowest BCUT2D eigenvalue weighted by atomic mass is 10.1. The van der Waals surface area contributed by atoms with E-state index in [9.17, 15) is 4.79 Å². The summed E-state index contributed by atoms with van der Waals surface area (Å²) in [6.45, 7) is 2.01. The van der Waals surface area contributed by atoms with E-state index in [1.54, 1.807) is 7.11 Å². The van der Waals surface area contributed by atoms with Gasteiger partial charge in [0.25, 0.3) is 0 Å². The van der Waals surface area contributed by atoms with Crippen molar-refractivity contribution >= 4 is 5.97 Å². The largest absolute Gasteiger partial charge is 0.481 e. The van der Waals surface area contributed by atoms with Gasteiger partial charge in [-0.15, -0.1) is 0 Å². The van der Waals surface area contributed by atoms with Crippen molar-refractivity contribution in [2.24, 2.45) is 0 Å². The number of carboxylic acids is 1. The summed E-state index contributed by atoms with van der Waals surface area (Å²) in [6, 6.07) is 0. The molecule has 3 nitrogen and oxygen atoms in total. The van der Waals surface area contributed by atoms with E-state index in [0.29, 0.717) is 0 Å². The molecule has 1 unspecified atom stereocenters. The highest BCUT2D eigenvalue weighted by Gasteiger charge is 2.02. The van der Waals surface area contributed by atoms with Crippen LogP contribution in [0.3, 0.4) is 0 Å². The van der Waals surface area contributed by atoms with Crippen LogP contribution in [0.25, 0.3) is 0 Å². The Morgan fingerprint density at radius 2 is 1.90 bits per heavy atom. The molecule has 1 atom stereocenters. The molecular formula is C17H28O3. The Morgan fingerprint density at radius 1 is 1.15 bits per heavy atom. The van der Waals surface area contributed by atoms with Gasteiger partial charge in [0.05, 0.1) is 6.10 Å². The van der Waals surface area contributed by atoms with Gasteiger partial charge >= 0.3 is 5.97 Å². The van der Waals surface area contributed by atoms with Gasteiger partial charge in [0.15, 0.2) is 0 Å². The predicted octanol–water partition coefficient (Wildman–Crippen LogP) is 4.51. The lowest BCUT2D eigenvalue weighted by Gasteiger charge is -2.09. The molecule has 0 aromatic carbocycles. The maximum Gasteiger partial charge on any atom is 0.303 e. The number of unbranched alkanes of at least 4 members (excludes halogenated alkanes) is 3. The van der Waals surface area contributed by atoms with E-state index in [1.165, 1.54) is 0 Å². The molecule has 0 saturated heterocycles. The monoisotopic (exact) mass is 280 g/mol. The Morgan fingerprint density at radius 3 is 2.55 bits per heavy atom. The fourth-order valence-corrected chi connectivity index (χ4v) is 1.83. The molecule has 1 N–H and O–H groups in total. The fraction of sp³-hybridized carbons (Fsp3) is 0.588. The normalized spacial score (nSPS) is 13.7. The summed E-state index contributed by atoms with van der Waals surface area (Å²) in [6.07, 6.45) is 18.7. The molecule has 0 aliphatic heterocycles. The number of hydrogen-bond acceptors (Lipinski definition) is 2. The molecule has 20 heavy (non-hydrogen) atoms. The van der Waals surface area contributed by atoms with Gasteiger partial charge in [-0.2, -0.15) is 0 Å². The van der Waals surface area contributed by atoms with E-state index in [-0.39, 0.29) is 12.5 Å². The molecule has 114 valence electrons. The summed E-state index contributed by atoms with van der Waals surface area (Å²) >= 11 is 0. The third-order valence-electron chi connectivity index (χ3n) is 3.01. The van der Waals surface area contributed by atoms with Crippen LogP contribution >= 0.6 is 0 Å². The van der Waals surface area contributed by atoms with Gasteiger partial charge in [-0.3, -0.25) is 4.79 Å². The van der Waals surface area contributed by atoms with Crippen molar-refractivity contribution in [3.63, 3.8) is 0 Å². The summed E-state index contributed by atoms with van der Waals surface area (Å²) in [7, 11) is 1.73. The first-order chi connectivity index (χ1) is 9.70. The summed E-state index contributed by atoms with van der Waals surface area (Å²) in [4.78, 5) is 10.4. The molecule has 0 aliphatic rings. The van der Waals surface area contributed by atoms with Crippen LogP contribution in [0.2, 0.25) is 0 Å². The van der Waals surface area contributed by atoms with E-state index in [0.717, 1.165) is 38.5 Å². The zero-order chi connectivity index (χ0) is 15.1. The van der Waals surface area contributed by atoms with Crippen LogP contribution in [0.5, 0.6) is 0 Å². The number of aliphatic carboxylic acids is 1. The molecule has 0 rings (SSSR count). The Kier molecular flexibility index (Phi) is 13.1. The average Bonchev–Trinajstić information content (AvgIpc) is 2.43. The number of carboxylic acid groups (broad SMARTS) is 1. The van der Waals surface area contributed by atoms with Crippen LogP contribution < -0.4 is 0 Å². The molecule has 0 aliphatic carbocycles. The second kappa shape index (κ2) is 14.1.